The number of rotatable bonds is 4. The van der Waals surface area contributed by atoms with Crippen LogP contribution in [0.25, 0.3) is 0 Å². The maximum atomic E-state index is 12.3. The first-order valence-corrected chi connectivity index (χ1v) is 9.51. The Morgan fingerprint density at radius 2 is 1.91 bits per heavy atom. The number of anilines is 2. The van der Waals surface area contributed by atoms with Gasteiger partial charge in [-0.1, -0.05) is 33.6 Å². The normalized spacial score (nSPS) is 11.1. The summed E-state index contributed by atoms with van der Waals surface area (Å²) in [7, 11) is -1.97. The number of sulfonamides is 1. The van der Waals surface area contributed by atoms with Crippen LogP contribution in [0.4, 0.5) is 11.4 Å². The average Bonchev–Trinajstić information content (AvgIpc) is 2.45. The number of carbonyl (C=O) groups is 1. The van der Waals surface area contributed by atoms with Crippen molar-refractivity contribution in [3.8, 4) is 0 Å². The van der Waals surface area contributed by atoms with Crippen LogP contribution < -0.4 is 9.62 Å². The van der Waals surface area contributed by atoms with Crippen molar-refractivity contribution in [3.63, 3.8) is 0 Å². The molecule has 0 aliphatic rings. The zero-order valence-electron chi connectivity index (χ0n) is 12.4. The van der Waals surface area contributed by atoms with E-state index in [0.29, 0.717) is 11.4 Å². The second-order valence-electron chi connectivity index (χ2n) is 4.86. The molecule has 0 spiro atoms. The lowest BCUT2D eigenvalue weighted by atomic mass is 10.2. The third kappa shape index (κ3) is 4.46. The highest BCUT2D eigenvalue weighted by Crippen LogP contribution is 2.25. The van der Waals surface area contributed by atoms with E-state index in [1.54, 1.807) is 18.2 Å². The van der Waals surface area contributed by atoms with Crippen molar-refractivity contribution in [1.29, 1.82) is 0 Å². The Bertz CT molecular complexity index is 856. The second-order valence-corrected chi connectivity index (χ2v) is 8.20. The van der Waals surface area contributed by atoms with E-state index in [-0.39, 0.29) is 16.5 Å². The summed E-state index contributed by atoms with van der Waals surface area (Å²) in [6.07, 6.45) is 1.09. The first-order chi connectivity index (χ1) is 10.7. The molecule has 0 saturated heterocycles. The zero-order valence-corrected chi connectivity index (χ0v) is 15.5. The minimum atomic E-state index is -3.39. The van der Waals surface area contributed by atoms with Gasteiger partial charge in [-0.3, -0.25) is 9.10 Å². The van der Waals surface area contributed by atoms with Gasteiger partial charge in [-0.25, -0.2) is 8.42 Å². The van der Waals surface area contributed by atoms with Gasteiger partial charge in [0.1, 0.15) is 0 Å². The van der Waals surface area contributed by atoms with Gasteiger partial charge < -0.3 is 5.32 Å². The van der Waals surface area contributed by atoms with Crippen LogP contribution in [0.15, 0.2) is 46.9 Å². The second kappa shape index (κ2) is 6.90. The van der Waals surface area contributed by atoms with Crippen molar-refractivity contribution in [1.82, 2.24) is 0 Å². The highest BCUT2D eigenvalue weighted by molar-refractivity contribution is 9.10. The van der Waals surface area contributed by atoms with Crippen molar-refractivity contribution in [3.05, 3.63) is 57.5 Å². The molecular formula is C15H14BrClN2O3S. The van der Waals surface area contributed by atoms with E-state index in [1.807, 2.05) is 6.07 Å². The molecule has 0 aliphatic heterocycles. The Hall–Kier alpha value is -1.57. The summed E-state index contributed by atoms with van der Waals surface area (Å²) in [4.78, 5) is 12.3. The summed E-state index contributed by atoms with van der Waals surface area (Å²) in [5.74, 6) is -0.373. The topological polar surface area (TPSA) is 66.5 Å². The molecule has 0 aromatic heterocycles. The molecule has 23 heavy (non-hydrogen) atoms. The molecule has 0 radical (unpaired) electrons. The maximum Gasteiger partial charge on any atom is 0.257 e. The van der Waals surface area contributed by atoms with E-state index in [2.05, 4.69) is 21.2 Å². The zero-order chi connectivity index (χ0) is 17.2. The number of nitrogens with one attached hydrogen (secondary N) is 1. The predicted molar refractivity (Wildman–Crippen MR) is 96.8 cm³/mol. The number of benzene rings is 2. The Kier molecular flexibility index (Phi) is 5.33. The van der Waals surface area contributed by atoms with Gasteiger partial charge in [-0.2, -0.15) is 0 Å². The van der Waals surface area contributed by atoms with Crippen LogP contribution in [-0.2, 0) is 10.0 Å². The first kappa shape index (κ1) is 17.8. The minimum Gasteiger partial charge on any atom is -0.322 e. The molecule has 0 bridgehead atoms. The molecule has 5 nitrogen and oxygen atoms in total. The molecule has 0 aliphatic carbocycles. The molecule has 1 N–H and O–H groups in total. The lowest BCUT2D eigenvalue weighted by Gasteiger charge is -2.17. The van der Waals surface area contributed by atoms with E-state index in [1.165, 1.54) is 25.2 Å². The van der Waals surface area contributed by atoms with Crippen LogP contribution in [0.3, 0.4) is 0 Å². The van der Waals surface area contributed by atoms with E-state index < -0.39 is 10.0 Å². The Morgan fingerprint density at radius 1 is 1.22 bits per heavy atom. The molecule has 1 amide bonds. The van der Waals surface area contributed by atoms with E-state index in [4.69, 9.17) is 11.6 Å². The molecular weight excluding hydrogens is 404 g/mol. The number of nitrogens with zero attached hydrogens (tertiary/aromatic N) is 1. The summed E-state index contributed by atoms with van der Waals surface area (Å²) in [6, 6.07) is 11.6. The molecule has 2 rings (SSSR count). The first-order valence-electron chi connectivity index (χ1n) is 6.49. The summed E-state index contributed by atoms with van der Waals surface area (Å²) in [5.41, 5.74) is 1.27. The summed E-state index contributed by atoms with van der Waals surface area (Å²) in [5, 5.41) is 2.91. The van der Waals surface area contributed by atoms with E-state index in [9.17, 15) is 13.2 Å². The largest absolute Gasteiger partial charge is 0.322 e. The van der Waals surface area contributed by atoms with Crippen molar-refractivity contribution >= 4 is 54.8 Å². The maximum absolute atomic E-state index is 12.3. The van der Waals surface area contributed by atoms with Crippen molar-refractivity contribution < 1.29 is 13.2 Å². The lowest BCUT2D eigenvalue weighted by Crippen LogP contribution is -2.25. The van der Waals surface area contributed by atoms with Gasteiger partial charge in [0, 0.05) is 17.2 Å². The standard InChI is InChI=1S/C15H14BrClN2O3S/c1-19(23(2,21)22)12-6-7-13(14(17)9-12)15(20)18-11-5-3-4-10(16)8-11/h3-9H,1-2H3,(H,18,20). The fraction of sp³-hybridized carbons (Fsp3) is 0.133. The van der Waals surface area contributed by atoms with Crippen LogP contribution in [0.2, 0.25) is 5.02 Å². The monoisotopic (exact) mass is 416 g/mol. The van der Waals surface area contributed by atoms with Gasteiger partial charge in [0.15, 0.2) is 0 Å². The van der Waals surface area contributed by atoms with Crippen molar-refractivity contribution in [2.24, 2.45) is 0 Å². The van der Waals surface area contributed by atoms with Crippen LogP contribution in [0, 0.1) is 0 Å². The van der Waals surface area contributed by atoms with Crippen LogP contribution >= 0.6 is 27.5 Å². The third-order valence-corrected chi connectivity index (χ3v) is 5.15. The highest BCUT2D eigenvalue weighted by Gasteiger charge is 2.16. The Morgan fingerprint density at radius 3 is 2.48 bits per heavy atom. The quantitative estimate of drug-likeness (QED) is 0.824. The van der Waals surface area contributed by atoms with Gasteiger partial charge >= 0.3 is 0 Å². The average molecular weight is 418 g/mol. The number of amides is 1. The smallest absolute Gasteiger partial charge is 0.257 e. The van der Waals surface area contributed by atoms with Crippen LogP contribution in [-0.4, -0.2) is 27.6 Å². The molecule has 0 heterocycles. The summed E-state index contributed by atoms with van der Waals surface area (Å²) < 4.78 is 25.0. The summed E-state index contributed by atoms with van der Waals surface area (Å²) >= 11 is 9.45. The molecule has 0 atom stereocenters. The van der Waals surface area contributed by atoms with Gasteiger partial charge in [0.25, 0.3) is 5.91 Å². The van der Waals surface area contributed by atoms with E-state index in [0.717, 1.165) is 15.0 Å². The van der Waals surface area contributed by atoms with Gasteiger partial charge in [-0.05, 0) is 36.4 Å². The molecule has 2 aromatic carbocycles. The van der Waals surface area contributed by atoms with Gasteiger partial charge in [0.05, 0.1) is 22.5 Å². The molecule has 0 fully saturated rings. The fourth-order valence-electron chi connectivity index (χ4n) is 1.84. The van der Waals surface area contributed by atoms with E-state index >= 15 is 0 Å². The van der Waals surface area contributed by atoms with Crippen LogP contribution in [0.1, 0.15) is 10.4 Å². The summed E-state index contributed by atoms with van der Waals surface area (Å²) in [6.45, 7) is 0. The molecule has 8 heteroatoms. The Balaban J connectivity index is 2.25. The number of carbonyl (C=O) groups excluding carboxylic acids is 1. The SMILES string of the molecule is CN(c1ccc(C(=O)Nc2cccc(Br)c2)c(Cl)c1)S(C)(=O)=O. The third-order valence-electron chi connectivity index (χ3n) is 3.14. The fourth-order valence-corrected chi connectivity index (χ4v) is 3.00. The molecule has 0 saturated carbocycles. The molecule has 122 valence electrons. The van der Waals surface area contributed by atoms with Gasteiger partial charge in [-0.15, -0.1) is 0 Å². The number of hydrogen-bond acceptors (Lipinski definition) is 3. The lowest BCUT2D eigenvalue weighted by molar-refractivity contribution is 0.102. The molecule has 0 unspecified atom stereocenters. The highest BCUT2D eigenvalue weighted by atomic mass is 79.9. The minimum absolute atomic E-state index is 0.172. The molecule has 2 aromatic rings. The number of hydrogen-bond donors (Lipinski definition) is 1. The number of halogens is 2. The Labute approximate surface area is 148 Å². The van der Waals surface area contributed by atoms with Gasteiger partial charge in [0.2, 0.25) is 10.0 Å². The van der Waals surface area contributed by atoms with Crippen molar-refractivity contribution in [2.45, 2.75) is 0 Å². The van der Waals surface area contributed by atoms with Crippen molar-refractivity contribution in [2.75, 3.05) is 22.9 Å². The predicted octanol–water partition coefficient (Wildman–Crippen LogP) is 3.75. The van der Waals surface area contributed by atoms with Crippen LogP contribution in [0.5, 0.6) is 0 Å².